The molecular weight excluding hydrogens is 308 g/mol. The van der Waals surface area contributed by atoms with E-state index in [0.29, 0.717) is 16.9 Å². The van der Waals surface area contributed by atoms with Crippen molar-refractivity contribution in [3.05, 3.63) is 65.7 Å². The summed E-state index contributed by atoms with van der Waals surface area (Å²) in [5, 5.41) is 0.0782. The number of thioether (sulfide) groups is 1. The van der Waals surface area contributed by atoms with Gasteiger partial charge in [0.2, 0.25) is 0 Å². The molecule has 0 atom stereocenters. The molecule has 120 valence electrons. The van der Waals surface area contributed by atoms with Crippen LogP contribution in [0.3, 0.4) is 0 Å². The molecule has 0 aromatic heterocycles. The van der Waals surface area contributed by atoms with Crippen molar-refractivity contribution in [3.63, 3.8) is 0 Å². The highest BCUT2D eigenvalue weighted by Crippen LogP contribution is 2.25. The van der Waals surface area contributed by atoms with E-state index >= 15 is 0 Å². The molecule has 0 aliphatic heterocycles. The first-order valence-electron chi connectivity index (χ1n) is 7.62. The fourth-order valence-electron chi connectivity index (χ4n) is 2.25. The van der Waals surface area contributed by atoms with Gasteiger partial charge in [-0.1, -0.05) is 54.2 Å². The van der Waals surface area contributed by atoms with Crippen LogP contribution >= 0.6 is 11.8 Å². The molecule has 0 radical (unpaired) electrons. The highest BCUT2D eigenvalue weighted by atomic mass is 32.2. The minimum absolute atomic E-state index is 0.0782. The third kappa shape index (κ3) is 5.57. The van der Waals surface area contributed by atoms with E-state index in [1.165, 1.54) is 12.7 Å². The van der Waals surface area contributed by atoms with E-state index in [1.54, 1.807) is 18.2 Å². The van der Waals surface area contributed by atoms with Crippen molar-refractivity contribution in [1.29, 1.82) is 0 Å². The van der Waals surface area contributed by atoms with E-state index in [2.05, 4.69) is 12.1 Å². The van der Waals surface area contributed by atoms with Gasteiger partial charge in [-0.15, -0.1) is 0 Å². The van der Waals surface area contributed by atoms with Crippen LogP contribution in [0.5, 0.6) is 0 Å². The van der Waals surface area contributed by atoms with Gasteiger partial charge in [0.05, 0.1) is 12.7 Å². The summed E-state index contributed by atoms with van der Waals surface area (Å²) in [5.74, 6) is -0.412. The molecule has 0 unspecified atom stereocenters. The van der Waals surface area contributed by atoms with E-state index in [1.807, 2.05) is 24.3 Å². The minimum Gasteiger partial charge on any atom is -0.465 e. The Kier molecular flexibility index (Phi) is 6.88. The molecule has 2 aromatic carbocycles. The average molecular weight is 328 g/mol. The van der Waals surface area contributed by atoms with Gasteiger partial charge in [0, 0.05) is 11.3 Å². The fraction of sp³-hybridized carbons (Fsp3) is 0.263. The Morgan fingerprint density at radius 2 is 1.65 bits per heavy atom. The van der Waals surface area contributed by atoms with Crippen LogP contribution in [0.15, 0.2) is 59.5 Å². The van der Waals surface area contributed by atoms with Gasteiger partial charge in [0.15, 0.2) is 5.12 Å². The van der Waals surface area contributed by atoms with Gasteiger partial charge in [0.25, 0.3) is 0 Å². The second-order valence-electron chi connectivity index (χ2n) is 5.15. The zero-order chi connectivity index (χ0) is 16.5. The molecule has 2 rings (SSSR count). The van der Waals surface area contributed by atoms with E-state index in [-0.39, 0.29) is 5.12 Å². The maximum atomic E-state index is 12.1. The second-order valence-corrected chi connectivity index (χ2v) is 6.25. The molecule has 0 amide bonds. The Labute approximate surface area is 141 Å². The topological polar surface area (TPSA) is 43.4 Å². The predicted molar refractivity (Wildman–Crippen MR) is 92.6 cm³/mol. The van der Waals surface area contributed by atoms with Crippen molar-refractivity contribution < 1.29 is 14.3 Å². The third-order valence-electron chi connectivity index (χ3n) is 3.46. The monoisotopic (exact) mass is 328 g/mol. The van der Waals surface area contributed by atoms with Crippen LogP contribution in [0.25, 0.3) is 0 Å². The standard InChI is InChI=1S/C19H20O3S/c1-22-19(21)16-12-6-7-13-17(16)23-18(20)14-8-5-11-15-9-3-2-4-10-15/h2-4,6-7,9-10,12-13H,5,8,11,14H2,1H3. The molecular formula is C19H20O3S. The molecule has 3 nitrogen and oxygen atoms in total. The average Bonchev–Trinajstić information content (AvgIpc) is 2.59. The fourth-order valence-corrected chi connectivity index (χ4v) is 3.15. The summed E-state index contributed by atoms with van der Waals surface area (Å²) < 4.78 is 4.74. The molecule has 0 spiro atoms. The summed E-state index contributed by atoms with van der Waals surface area (Å²) in [7, 11) is 1.34. The second kappa shape index (κ2) is 9.16. The largest absolute Gasteiger partial charge is 0.465 e. The number of ether oxygens (including phenoxy) is 1. The predicted octanol–water partition coefficient (Wildman–Crippen LogP) is 4.50. The summed E-state index contributed by atoms with van der Waals surface area (Å²) in [6.07, 6.45) is 3.32. The first kappa shape index (κ1) is 17.3. The summed E-state index contributed by atoms with van der Waals surface area (Å²) in [5.41, 5.74) is 1.74. The number of hydrogen-bond acceptors (Lipinski definition) is 4. The van der Waals surface area contributed by atoms with Crippen molar-refractivity contribution in [2.24, 2.45) is 0 Å². The maximum absolute atomic E-state index is 12.1. The molecule has 0 heterocycles. The molecule has 0 aliphatic rings. The Bertz CT molecular complexity index is 653. The smallest absolute Gasteiger partial charge is 0.339 e. The summed E-state index contributed by atoms with van der Waals surface area (Å²) >= 11 is 1.12. The lowest BCUT2D eigenvalue weighted by atomic mass is 10.1. The quantitative estimate of drug-likeness (QED) is 0.426. The first-order valence-corrected chi connectivity index (χ1v) is 8.44. The number of carbonyl (C=O) groups is 2. The maximum Gasteiger partial charge on any atom is 0.339 e. The van der Waals surface area contributed by atoms with Crippen LogP contribution in [0.4, 0.5) is 0 Å². The number of methoxy groups -OCH3 is 1. The van der Waals surface area contributed by atoms with E-state index in [4.69, 9.17) is 4.74 Å². The molecule has 0 aliphatic carbocycles. The Morgan fingerprint density at radius 1 is 0.957 bits per heavy atom. The molecule has 4 heteroatoms. The van der Waals surface area contributed by atoms with Gasteiger partial charge in [-0.05, 0) is 37.0 Å². The number of carbonyl (C=O) groups excluding carboxylic acids is 2. The lowest BCUT2D eigenvalue weighted by Gasteiger charge is -2.06. The highest BCUT2D eigenvalue weighted by molar-refractivity contribution is 8.13. The SMILES string of the molecule is COC(=O)c1ccccc1SC(=O)CCCCc1ccccc1. The third-order valence-corrected chi connectivity index (χ3v) is 4.46. The number of rotatable bonds is 7. The van der Waals surface area contributed by atoms with Crippen molar-refractivity contribution in [2.45, 2.75) is 30.6 Å². The number of hydrogen-bond donors (Lipinski definition) is 0. The first-order chi connectivity index (χ1) is 11.2. The van der Waals surface area contributed by atoms with Crippen LogP contribution in [-0.2, 0) is 16.0 Å². The zero-order valence-corrected chi connectivity index (χ0v) is 14.0. The van der Waals surface area contributed by atoms with Gasteiger partial charge < -0.3 is 4.74 Å². The number of benzene rings is 2. The lowest BCUT2D eigenvalue weighted by molar-refractivity contribution is -0.111. The molecule has 0 fully saturated rings. The lowest BCUT2D eigenvalue weighted by Crippen LogP contribution is -2.04. The normalized spacial score (nSPS) is 10.3. The summed E-state index contributed by atoms with van der Waals surface area (Å²) in [6, 6.07) is 17.3. The highest BCUT2D eigenvalue weighted by Gasteiger charge is 2.14. The Hall–Kier alpha value is -2.07. The van der Waals surface area contributed by atoms with Crippen LogP contribution in [0.1, 0.15) is 35.2 Å². The molecule has 23 heavy (non-hydrogen) atoms. The van der Waals surface area contributed by atoms with E-state index in [9.17, 15) is 9.59 Å². The van der Waals surface area contributed by atoms with Gasteiger partial charge in [-0.25, -0.2) is 4.79 Å². The van der Waals surface area contributed by atoms with Crippen LogP contribution in [-0.4, -0.2) is 18.2 Å². The van der Waals surface area contributed by atoms with Gasteiger partial charge in [-0.2, -0.15) is 0 Å². The zero-order valence-electron chi connectivity index (χ0n) is 13.2. The van der Waals surface area contributed by atoms with Crippen molar-refractivity contribution >= 4 is 22.8 Å². The van der Waals surface area contributed by atoms with Gasteiger partial charge >= 0.3 is 5.97 Å². The molecule has 0 bridgehead atoms. The van der Waals surface area contributed by atoms with Crippen molar-refractivity contribution in [2.75, 3.05) is 7.11 Å². The van der Waals surface area contributed by atoms with E-state index < -0.39 is 5.97 Å². The molecule has 0 saturated carbocycles. The number of esters is 1. The molecule has 0 saturated heterocycles. The minimum atomic E-state index is -0.412. The van der Waals surface area contributed by atoms with Gasteiger partial charge in [0.1, 0.15) is 0 Å². The van der Waals surface area contributed by atoms with E-state index in [0.717, 1.165) is 31.0 Å². The number of unbranched alkanes of at least 4 members (excludes halogenated alkanes) is 1. The molecule has 2 aromatic rings. The summed E-state index contributed by atoms with van der Waals surface area (Å²) in [6.45, 7) is 0. The Morgan fingerprint density at radius 3 is 2.39 bits per heavy atom. The van der Waals surface area contributed by atoms with Crippen molar-refractivity contribution in [3.8, 4) is 0 Å². The number of aryl methyl sites for hydroxylation is 1. The van der Waals surface area contributed by atoms with Crippen molar-refractivity contribution in [1.82, 2.24) is 0 Å². The van der Waals surface area contributed by atoms with Gasteiger partial charge in [-0.3, -0.25) is 4.79 Å². The Balaban J connectivity index is 1.80. The summed E-state index contributed by atoms with van der Waals surface area (Å²) in [4.78, 5) is 24.4. The van der Waals surface area contributed by atoms with Crippen LogP contribution < -0.4 is 0 Å². The van der Waals surface area contributed by atoms with Crippen LogP contribution in [0.2, 0.25) is 0 Å². The van der Waals surface area contributed by atoms with Crippen LogP contribution in [0, 0.1) is 0 Å². The molecule has 0 N–H and O–H groups in total.